The number of nitrogens with zero attached hydrogens (tertiary/aromatic N) is 3. The molecule has 2 aromatic heterocycles. The van der Waals surface area contributed by atoms with Gasteiger partial charge in [-0.2, -0.15) is 5.10 Å². The molecule has 0 radical (unpaired) electrons. The van der Waals surface area contributed by atoms with E-state index in [1.54, 1.807) is 10.9 Å². The van der Waals surface area contributed by atoms with E-state index in [4.69, 9.17) is 0 Å². The summed E-state index contributed by atoms with van der Waals surface area (Å²) in [7, 11) is 1.84. The van der Waals surface area contributed by atoms with Crippen LogP contribution in [-0.2, 0) is 24.9 Å². The molecule has 0 spiro atoms. The molecule has 1 aromatic carbocycles. The van der Waals surface area contributed by atoms with Crippen molar-refractivity contribution >= 4 is 11.8 Å². The summed E-state index contributed by atoms with van der Waals surface area (Å²) in [5.74, 6) is -0.637. The van der Waals surface area contributed by atoms with Crippen molar-refractivity contribution in [2.24, 2.45) is 7.05 Å². The zero-order chi connectivity index (χ0) is 21.7. The highest BCUT2D eigenvalue weighted by atomic mass is 16.2. The molecule has 1 unspecified atom stereocenters. The quantitative estimate of drug-likeness (QED) is 0.623. The lowest BCUT2D eigenvalue weighted by Crippen LogP contribution is -2.33. The highest BCUT2D eigenvalue weighted by Gasteiger charge is 2.16. The first-order valence-electron chi connectivity index (χ1n) is 9.65. The van der Waals surface area contributed by atoms with E-state index in [0.29, 0.717) is 12.1 Å². The molecule has 2 N–H and O–H groups in total. The molecule has 156 valence electrons. The molecular weight excluding hydrogens is 382 g/mol. The van der Waals surface area contributed by atoms with E-state index in [0.717, 1.165) is 16.8 Å². The maximum absolute atomic E-state index is 12.7. The van der Waals surface area contributed by atoms with Crippen LogP contribution >= 0.6 is 0 Å². The first-order chi connectivity index (χ1) is 14.3. The topological polar surface area (TPSA) is 98.0 Å². The fourth-order valence-electron chi connectivity index (χ4n) is 3.09. The molecule has 0 bridgehead atoms. The van der Waals surface area contributed by atoms with Crippen LogP contribution in [0, 0.1) is 6.92 Å². The number of carbonyl (C=O) groups excluding carboxylic acids is 2. The maximum atomic E-state index is 12.7. The van der Waals surface area contributed by atoms with Crippen molar-refractivity contribution in [3.63, 3.8) is 0 Å². The molecule has 30 heavy (non-hydrogen) atoms. The van der Waals surface area contributed by atoms with Gasteiger partial charge in [0.15, 0.2) is 0 Å². The van der Waals surface area contributed by atoms with E-state index < -0.39 is 0 Å². The van der Waals surface area contributed by atoms with Crippen LogP contribution in [0.5, 0.6) is 0 Å². The summed E-state index contributed by atoms with van der Waals surface area (Å²) in [5.41, 5.74) is 2.80. The van der Waals surface area contributed by atoms with E-state index in [1.807, 2.05) is 51.2 Å². The Balaban J connectivity index is 1.65. The summed E-state index contributed by atoms with van der Waals surface area (Å²) in [6.45, 7) is 4.01. The summed E-state index contributed by atoms with van der Waals surface area (Å²) in [4.78, 5) is 37.0. The lowest BCUT2D eigenvalue weighted by Gasteiger charge is -2.14. The van der Waals surface area contributed by atoms with E-state index in [-0.39, 0.29) is 30.0 Å². The number of hydrogen-bond donors (Lipinski definition) is 2. The molecule has 2 heterocycles. The highest BCUT2D eigenvalue weighted by Crippen LogP contribution is 2.16. The summed E-state index contributed by atoms with van der Waals surface area (Å²) >= 11 is 0. The molecule has 0 aliphatic carbocycles. The van der Waals surface area contributed by atoms with Gasteiger partial charge in [0.2, 0.25) is 5.91 Å². The van der Waals surface area contributed by atoms with Crippen LogP contribution in [0.4, 0.5) is 0 Å². The van der Waals surface area contributed by atoms with Crippen LogP contribution in [0.25, 0.3) is 0 Å². The molecule has 1 atom stereocenters. The van der Waals surface area contributed by atoms with Crippen molar-refractivity contribution in [1.82, 2.24) is 25.0 Å². The first-order valence-corrected chi connectivity index (χ1v) is 9.65. The summed E-state index contributed by atoms with van der Waals surface area (Å²) < 4.78 is 2.97. The van der Waals surface area contributed by atoms with Gasteiger partial charge in [-0.05, 0) is 25.5 Å². The average molecular weight is 407 g/mol. The van der Waals surface area contributed by atoms with Gasteiger partial charge >= 0.3 is 0 Å². The van der Waals surface area contributed by atoms with E-state index in [2.05, 4.69) is 15.7 Å². The Labute approximate surface area is 174 Å². The summed E-state index contributed by atoms with van der Waals surface area (Å²) in [5, 5.41) is 9.87. The number of amides is 2. The predicted molar refractivity (Wildman–Crippen MR) is 113 cm³/mol. The van der Waals surface area contributed by atoms with Gasteiger partial charge in [0, 0.05) is 37.1 Å². The van der Waals surface area contributed by atoms with Crippen LogP contribution in [-0.4, -0.2) is 26.2 Å². The van der Waals surface area contributed by atoms with Crippen LogP contribution in [0.3, 0.4) is 0 Å². The smallest absolute Gasteiger partial charge is 0.253 e. The fourth-order valence-corrected chi connectivity index (χ4v) is 3.09. The lowest BCUT2D eigenvalue weighted by atomic mass is 10.1. The molecule has 8 nitrogen and oxygen atoms in total. The Hall–Kier alpha value is -3.68. The van der Waals surface area contributed by atoms with Gasteiger partial charge in [0.25, 0.3) is 11.5 Å². The monoisotopic (exact) mass is 407 g/mol. The number of aromatic nitrogens is 3. The number of carbonyl (C=O) groups is 2. The van der Waals surface area contributed by atoms with Gasteiger partial charge in [0.05, 0.1) is 17.8 Å². The summed E-state index contributed by atoms with van der Waals surface area (Å²) in [6.07, 6.45) is 3.13. The van der Waals surface area contributed by atoms with Gasteiger partial charge in [-0.3, -0.25) is 19.1 Å². The van der Waals surface area contributed by atoms with Crippen LogP contribution in [0.15, 0.2) is 59.7 Å². The Morgan fingerprint density at radius 1 is 1.13 bits per heavy atom. The molecule has 2 amide bonds. The Morgan fingerprint density at radius 3 is 2.53 bits per heavy atom. The largest absolute Gasteiger partial charge is 0.350 e. The molecule has 0 aliphatic heterocycles. The van der Waals surface area contributed by atoms with Crippen molar-refractivity contribution < 1.29 is 9.59 Å². The number of pyridine rings is 1. The van der Waals surface area contributed by atoms with E-state index >= 15 is 0 Å². The zero-order valence-corrected chi connectivity index (χ0v) is 17.3. The Kier molecular flexibility index (Phi) is 6.46. The minimum Gasteiger partial charge on any atom is -0.350 e. The van der Waals surface area contributed by atoms with Gasteiger partial charge < -0.3 is 15.2 Å². The standard InChI is InChI=1S/C22H25N5O3/c1-15(19-12-24-26(3)16(19)2)25-22(30)18-9-10-21(29)27(13-18)14-20(28)23-11-17-7-5-4-6-8-17/h4-10,12-13,15H,11,14H2,1-3H3,(H,23,28)(H,25,30). The SMILES string of the molecule is Cc1c(C(C)NC(=O)c2ccc(=O)n(CC(=O)NCc3ccccc3)c2)cnn1C. The second kappa shape index (κ2) is 9.21. The third-order valence-electron chi connectivity index (χ3n) is 4.98. The number of aryl methyl sites for hydroxylation is 1. The van der Waals surface area contributed by atoms with Crippen molar-refractivity contribution in [3.05, 3.63) is 87.6 Å². The normalized spacial score (nSPS) is 11.7. The van der Waals surface area contributed by atoms with Crippen LogP contribution in [0.1, 0.15) is 40.1 Å². The van der Waals surface area contributed by atoms with Crippen molar-refractivity contribution in [1.29, 1.82) is 0 Å². The van der Waals surface area contributed by atoms with E-state index in [9.17, 15) is 14.4 Å². The number of rotatable bonds is 7. The van der Waals surface area contributed by atoms with Crippen molar-refractivity contribution in [3.8, 4) is 0 Å². The molecule has 0 saturated heterocycles. The molecule has 0 saturated carbocycles. The highest BCUT2D eigenvalue weighted by molar-refractivity contribution is 5.94. The van der Waals surface area contributed by atoms with Gasteiger partial charge in [-0.1, -0.05) is 30.3 Å². The second-order valence-corrected chi connectivity index (χ2v) is 7.15. The molecule has 0 aliphatic rings. The van der Waals surface area contributed by atoms with Crippen molar-refractivity contribution in [2.45, 2.75) is 33.0 Å². The average Bonchev–Trinajstić information content (AvgIpc) is 3.07. The van der Waals surface area contributed by atoms with Gasteiger partial charge in [-0.25, -0.2) is 0 Å². The Bertz CT molecular complexity index is 1100. The number of nitrogens with one attached hydrogen (secondary N) is 2. The van der Waals surface area contributed by atoms with Gasteiger partial charge in [0.1, 0.15) is 6.54 Å². The molecular formula is C22H25N5O3. The van der Waals surface area contributed by atoms with E-state index in [1.165, 1.54) is 22.9 Å². The van der Waals surface area contributed by atoms with Gasteiger partial charge in [-0.15, -0.1) is 0 Å². The van der Waals surface area contributed by atoms with Crippen molar-refractivity contribution in [2.75, 3.05) is 0 Å². The third kappa shape index (κ3) is 5.02. The molecule has 3 aromatic rings. The first kappa shape index (κ1) is 21.0. The fraction of sp³-hybridized carbons (Fsp3) is 0.273. The lowest BCUT2D eigenvalue weighted by molar-refractivity contribution is -0.121. The molecule has 3 rings (SSSR count). The maximum Gasteiger partial charge on any atom is 0.253 e. The number of benzene rings is 1. The summed E-state index contributed by atoms with van der Waals surface area (Å²) in [6, 6.07) is 12.0. The third-order valence-corrected chi connectivity index (χ3v) is 4.98. The second-order valence-electron chi connectivity index (χ2n) is 7.15. The van der Waals surface area contributed by atoms with Crippen LogP contribution < -0.4 is 16.2 Å². The molecule has 0 fully saturated rings. The minimum absolute atomic E-state index is 0.163. The van der Waals surface area contributed by atoms with Crippen LogP contribution in [0.2, 0.25) is 0 Å². The predicted octanol–water partition coefficient (Wildman–Crippen LogP) is 1.70. The Morgan fingerprint density at radius 2 is 1.87 bits per heavy atom. The minimum atomic E-state index is -0.349. The zero-order valence-electron chi connectivity index (χ0n) is 17.3. The molecule has 8 heteroatoms. The number of hydrogen-bond acceptors (Lipinski definition) is 4.